The molecule has 6 nitrogen and oxygen atoms in total. The Morgan fingerprint density at radius 2 is 1.73 bits per heavy atom. The molecule has 0 atom stereocenters. The van der Waals surface area contributed by atoms with Gasteiger partial charge in [0.25, 0.3) is 10.0 Å². The summed E-state index contributed by atoms with van der Waals surface area (Å²) in [6, 6.07) is 21.2. The molecule has 0 aliphatic heterocycles. The molecule has 33 heavy (non-hydrogen) atoms. The summed E-state index contributed by atoms with van der Waals surface area (Å²) in [6.45, 7) is 5.90. The molecule has 0 amide bonds. The maximum atomic E-state index is 13.1. The van der Waals surface area contributed by atoms with Crippen LogP contribution in [0.1, 0.15) is 18.4 Å². The standard InChI is InChI=1S/C25H22ClN3O3S/c1-3-18-9-12-22(15-24(18)33(30,31)29-21-13-10-20(26)11-14-21)28-17(2)25-27-16-23(32-25)19-7-5-4-6-8-19/h4-16,28-29H,2-3H2,1H3. The minimum absolute atomic E-state index is 0.176. The van der Waals surface area contributed by atoms with Gasteiger partial charge in [-0.15, -0.1) is 0 Å². The van der Waals surface area contributed by atoms with Gasteiger partial charge in [-0.2, -0.15) is 0 Å². The van der Waals surface area contributed by atoms with Crippen LogP contribution in [0.2, 0.25) is 5.02 Å². The molecular formula is C25H22ClN3O3S. The monoisotopic (exact) mass is 479 g/mol. The molecule has 1 heterocycles. The third-order valence-electron chi connectivity index (χ3n) is 4.95. The van der Waals surface area contributed by atoms with Crippen LogP contribution in [-0.4, -0.2) is 13.4 Å². The fourth-order valence-corrected chi connectivity index (χ4v) is 4.80. The summed E-state index contributed by atoms with van der Waals surface area (Å²) in [7, 11) is -3.83. The van der Waals surface area contributed by atoms with E-state index < -0.39 is 10.0 Å². The van der Waals surface area contributed by atoms with Crippen molar-refractivity contribution in [1.29, 1.82) is 0 Å². The summed E-state index contributed by atoms with van der Waals surface area (Å²) in [4.78, 5) is 4.46. The Morgan fingerprint density at radius 3 is 2.42 bits per heavy atom. The van der Waals surface area contributed by atoms with Gasteiger partial charge in [-0.1, -0.05) is 61.5 Å². The van der Waals surface area contributed by atoms with Gasteiger partial charge in [0.2, 0.25) is 5.89 Å². The molecule has 0 fully saturated rings. The highest BCUT2D eigenvalue weighted by atomic mass is 35.5. The highest BCUT2D eigenvalue weighted by molar-refractivity contribution is 7.92. The average molecular weight is 480 g/mol. The molecule has 0 unspecified atom stereocenters. The maximum Gasteiger partial charge on any atom is 0.262 e. The van der Waals surface area contributed by atoms with Gasteiger partial charge < -0.3 is 9.73 Å². The smallest absolute Gasteiger partial charge is 0.262 e. The number of hydrogen-bond acceptors (Lipinski definition) is 5. The van der Waals surface area contributed by atoms with Crippen LogP contribution in [-0.2, 0) is 16.4 Å². The Bertz CT molecular complexity index is 1380. The number of aryl methyl sites for hydroxylation is 1. The second-order valence-electron chi connectivity index (χ2n) is 7.29. The van der Waals surface area contributed by atoms with Gasteiger partial charge in [0.15, 0.2) is 5.76 Å². The Morgan fingerprint density at radius 1 is 1.03 bits per heavy atom. The van der Waals surface area contributed by atoms with Crippen molar-refractivity contribution in [3.8, 4) is 11.3 Å². The summed E-state index contributed by atoms with van der Waals surface area (Å²) in [5, 5.41) is 3.62. The summed E-state index contributed by atoms with van der Waals surface area (Å²) in [6.07, 6.45) is 2.18. The Hall–Kier alpha value is -3.55. The lowest BCUT2D eigenvalue weighted by Crippen LogP contribution is -2.15. The van der Waals surface area contributed by atoms with E-state index in [4.69, 9.17) is 16.0 Å². The fourth-order valence-electron chi connectivity index (χ4n) is 3.28. The number of anilines is 2. The van der Waals surface area contributed by atoms with Crippen molar-refractivity contribution in [2.75, 3.05) is 10.0 Å². The van der Waals surface area contributed by atoms with Crippen molar-refractivity contribution in [2.24, 2.45) is 0 Å². The topological polar surface area (TPSA) is 84.2 Å². The van der Waals surface area contributed by atoms with Crippen molar-refractivity contribution in [3.05, 3.63) is 102 Å². The first-order valence-electron chi connectivity index (χ1n) is 10.2. The number of rotatable bonds is 8. The van der Waals surface area contributed by atoms with E-state index in [2.05, 4.69) is 21.6 Å². The number of nitrogens with one attached hydrogen (secondary N) is 2. The number of nitrogens with zero attached hydrogens (tertiary/aromatic N) is 1. The van der Waals surface area contributed by atoms with Crippen molar-refractivity contribution in [2.45, 2.75) is 18.2 Å². The highest BCUT2D eigenvalue weighted by Crippen LogP contribution is 2.28. The third-order valence-corrected chi connectivity index (χ3v) is 6.67. The minimum atomic E-state index is -3.83. The van der Waals surface area contributed by atoms with E-state index in [0.29, 0.717) is 45.7 Å². The summed E-state index contributed by atoms with van der Waals surface area (Å²) >= 11 is 5.90. The Kier molecular flexibility index (Phi) is 6.53. The van der Waals surface area contributed by atoms with E-state index in [9.17, 15) is 8.42 Å². The zero-order valence-corrected chi connectivity index (χ0v) is 19.5. The fraction of sp³-hybridized carbons (Fsp3) is 0.0800. The lowest BCUT2D eigenvalue weighted by molar-refractivity contribution is 0.556. The lowest BCUT2D eigenvalue weighted by Gasteiger charge is -2.14. The molecule has 0 aliphatic carbocycles. The van der Waals surface area contributed by atoms with Crippen molar-refractivity contribution in [1.82, 2.24) is 4.98 Å². The highest BCUT2D eigenvalue weighted by Gasteiger charge is 2.19. The molecule has 0 aliphatic rings. The molecule has 8 heteroatoms. The number of hydrogen-bond donors (Lipinski definition) is 2. The normalized spacial score (nSPS) is 11.2. The van der Waals surface area contributed by atoms with Crippen LogP contribution in [0.15, 0.2) is 94.9 Å². The lowest BCUT2D eigenvalue weighted by atomic mass is 10.1. The summed E-state index contributed by atoms with van der Waals surface area (Å²) < 4.78 is 34.6. The average Bonchev–Trinajstić information content (AvgIpc) is 3.32. The SMILES string of the molecule is C=C(Nc1ccc(CC)c(S(=O)(=O)Nc2ccc(Cl)cc2)c1)c1ncc(-c2ccccc2)o1. The second kappa shape index (κ2) is 9.52. The first kappa shape index (κ1) is 22.6. The van der Waals surface area contributed by atoms with E-state index in [1.807, 2.05) is 37.3 Å². The second-order valence-corrected chi connectivity index (χ2v) is 9.37. The molecule has 3 aromatic carbocycles. The molecule has 0 bridgehead atoms. The van der Waals surface area contributed by atoms with Gasteiger partial charge in [-0.05, 0) is 48.4 Å². The van der Waals surface area contributed by atoms with Crippen LogP contribution < -0.4 is 10.0 Å². The minimum Gasteiger partial charge on any atom is -0.435 e. The van der Waals surface area contributed by atoms with E-state index in [0.717, 1.165) is 5.56 Å². The van der Waals surface area contributed by atoms with Crippen LogP contribution >= 0.6 is 11.6 Å². The molecule has 2 N–H and O–H groups in total. The van der Waals surface area contributed by atoms with Crippen molar-refractivity contribution >= 4 is 38.7 Å². The number of aromatic nitrogens is 1. The molecule has 4 aromatic rings. The number of oxazole rings is 1. The summed E-state index contributed by atoms with van der Waals surface area (Å²) in [5.41, 5.74) is 2.98. The molecule has 0 spiro atoms. The quantitative estimate of drug-likeness (QED) is 0.303. The van der Waals surface area contributed by atoms with E-state index in [1.165, 1.54) is 0 Å². The van der Waals surface area contributed by atoms with E-state index in [1.54, 1.807) is 48.7 Å². The van der Waals surface area contributed by atoms with E-state index >= 15 is 0 Å². The van der Waals surface area contributed by atoms with Gasteiger partial charge in [0.05, 0.1) is 16.8 Å². The third kappa shape index (κ3) is 5.27. The number of halogens is 1. The molecular weight excluding hydrogens is 458 g/mol. The van der Waals surface area contributed by atoms with Gasteiger partial charge in [0.1, 0.15) is 0 Å². The predicted molar refractivity (Wildman–Crippen MR) is 133 cm³/mol. The largest absolute Gasteiger partial charge is 0.435 e. The number of sulfonamides is 1. The van der Waals surface area contributed by atoms with Crippen LogP contribution in [0.4, 0.5) is 11.4 Å². The molecule has 4 rings (SSSR count). The summed E-state index contributed by atoms with van der Waals surface area (Å²) in [5.74, 6) is 0.933. The van der Waals surface area contributed by atoms with E-state index in [-0.39, 0.29) is 4.90 Å². The Labute approximate surface area is 198 Å². The number of benzene rings is 3. The first-order valence-corrected chi connectivity index (χ1v) is 12.1. The maximum absolute atomic E-state index is 13.1. The molecule has 0 saturated carbocycles. The molecule has 168 valence electrons. The van der Waals surface area contributed by atoms with Gasteiger partial charge in [-0.3, -0.25) is 4.72 Å². The van der Waals surface area contributed by atoms with Gasteiger partial charge >= 0.3 is 0 Å². The zero-order chi connectivity index (χ0) is 23.4. The Balaban J connectivity index is 1.57. The zero-order valence-electron chi connectivity index (χ0n) is 17.9. The van der Waals surface area contributed by atoms with Crippen LogP contribution in [0.25, 0.3) is 17.0 Å². The van der Waals surface area contributed by atoms with Gasteiger partial charge in [0, 0.05) is 22.0 Å². The van der Waals surface area contributed by atoms with Crippen molar-refractivity contribution in [3.63, 3.8) is 0 Å². The van der Waals surface area contributed by atoms with Crippen LogP contribution in [0.3, 0.4) is 0 Å². The van der Waals surface area contributed by atoms with Crippen LogP contribution in [0.5, 0.6) is 0 Å². The first-order chi connectivity index (χ1) is 15.9. The van der Waals surface area contributed by atoms with Crippen molar-refractivity contribution < 1.29 is 12.8 Å². The molecule has 0 saturated heterocycles. The molecule has 1 aromatic heterocycles. The van der Waals surface area contributed by atoms with Crippen LogP contribution in [0, 0.1) is 0 Å². The molecule has 0 radical (unpaired) electrons. The predicted octanol–water partition coefficient (Wildman–Crippen LogP) is 6.44. The van der Waals surface area contributed by atoms with Gasteiger partial charge in [-0.25, -0.2) is 13.4 Å².